The van der Waals surface area contributed by atoms with Crippen molar-refractivity contribution in [1.29, 1.82) is 0 Å². The fourth-order valence-electron chi connectivity index (χ4n) is 2.24. The summed E-state index contributed by atoms with van der Waals surface area (Å²) in [5.74, 6) is 0.788. The van der Waals surface area contributed by atoms with Crippen molar-refractivity contribution in [2.75, 3.05) is 26.2 Å². The molecular formula is C13H28N2O. The van der Waals surface area contributed by atoms with Crippen molar-refractivity contribution in [3.05, 3.63) is 0 Å². The van der Waals surface area contributed by atoms with E-state index in [9.17, 15) is 5.11 Å². The Bertz CT molecular complexity index is 201. The molecule has 0 aromatic carbocycles. The van der Waals surface area contributed by atoms with Crippen molar-refractivity contribution in [2.45, 2.75) is 52.2 Å². The molecule has 0 amide bonds. The van der Waals surface area contributed by atoms with Gasteiger partial charge in [0.05, 0.1) is 6.10 Å². The standard InChI is InChI=1S/C13H28N2O/c1-11-6-5-7-15(9-11)10-12(16)8-14-13(2,3)4/h11-12,14,16H,5-10H2,1-4H3. The SMILES string of the molecule is CC1CCCN(CC(O)CNC(C)(C)C)C1. The quantitative estimate of drug-likeness (QED) is 0.765. The lowest BCUT2D eigenvalue weighted by atomic mass is 10.00. The minimum atomic E-state index is -0.246. The van der Waals surface area contributed by atoms with Crippen LogP contribution in [0.2, 0.25) is 0 Å². The smallest absolute Gasteiger partial charge is 0.0791 e. The van der Waals surface area contributed by atoms with Gasteiger partial charge in [-0.3, -0.25) is 0 Å². The van der Waals surface area contributed by atoms with Crippen LogP contribution < -0.4 is 5.32 Å². The van der Waals surface area contributed by atoms with Crippen molar-refractivity contribution < 1.29 is 5.11 Å². The molecule has 1 saturated heterocycles. The maximum absolute atomic E-state index is 9.95. The number of aliphatic hydroxyl groups is 1. The maximum atomic E-state index is 9.95. The van der Waals surface area contributed by atoms with Crippen molar-refractivity contribution in [1.82, 2.24) is 10.2 Å². The molecule has 1 fully saturated rings. The van der Waals surface area contributed by atoms with E-state index >= 15 is 0 Å². The summed E-state index contributed by atoms with van der Waals surface area (Å²) in [6.07, 6.45) is 2.37. The summed E-state index contributed by atoms with van der Waals surface area (Å²) in [5.41, 5.74) is 0.0934. The van der Waals surface area contributed by atoms with E-state index in [4.69, 9.17) is 0 Å². The molecule has 0 aliphatic carbocycles. The summed E-state index contributed by atoms with van der Waals surface area (Å²) < 4.78 is 0. The average Bonchev–Trinajstić information content (AvgIpc) is 2.14. The van der Waals surface area contributed by atoms with Gasteiger partial charge in [-0.05, 0) is 46.1 Å². The number of rotatable bonds is 4. The lowest BCUT2D eigenvalue weighted by Crippen LogP contribution is -2.46. The Morgan fingerprint density at radius 1 is 1.44 bits per heavy atom. The lowest BCUT2D eigenvalue weighted by molar-refractivity contribution is 0.0827. The molecule has 1 heterocycles. The van der Waals surface area contributed by atoms with Gasteiger partial charge in [-0.2, -0.15) is 0 Å². The topological polar surface area (TPSA) is 35.5 Å². The van der Waals surface area contributed by atoms with Crippen molar-refractivity contribution >= 4 is 0 Å². The Kier molecular flexibility index (Phi) is 5.22. The van der Waals surface area contributed by atoms with Gasteiger partial charge in [-0.15, -0.1) is 0 Å². The Labute approximate surface area is 100 Å². The maximum Gasteiger partial charge on any atom is 0.0791 e. The highest BCUT2D eigenvalue weighted by Crippen LogP contribution is 2.15. The molecule has 0 spiro atoms. The van der Waals surface area contributed by atoms with E-state index < -0.39 is 0 Å². The first-order valence-corrected chi connectivity index (χ1v) is 6.52. The first kappa shape index (κ1) is 13.9. The number of hydrogen-bond acceptors (Lipinski definition) is 3. The van der Waals surface area contributed by atoms with E-state index in [-0.39, 0.29) is 11.6 Å². The Hall–Kier alpha value is -0.120. The van der Waals surface area contributed by atoms with E-state index in [1.807, 2.05) is 0 Å². The predicted molar refractivity (Wildman–Crippen MR) is 68.6 cm³/mol. The number of β-amino-alcohol motifs (C(OH)–C–C–N with tert-alkyl or cyclic N) is 1. The zero-order valence-electron chi connectivity index (χ0n) is 11.3. The van der Waals surface area contributed by atoms with Crippen LogP contribution in [0.25, 0.3) is 0 Å². The molecule has 1 aliphatic rings. The number of likely N-dealkylation sites (tertiary alicyclic amines) is 1. The van der Waals surface area contributed by atoms with Crippen molar-refractivity contribution in [2.24, 2.45) is 5.92 Å². The number of piperidine rings is 1. The Morgan fingerprint density at radius 3 is 2.69 bits per heavy atom. The number of nitrogens with one attached hydrogen (secondary N) is 1. The second-order valence-electron chi connectivity index (χ2n) is 6.29. The molecule has 96 valence electrons. The highest BCUT2D eigenvalue weighted by atomic mass is 16.3. The van der Waals surface area contributed by atoms with Crippen molar-refractivity contribution in [3.63, 3.8) is 0 Å². The summed E-state index contributed by atoms with van der Waals surface area (Å²) >= 11 is 0. The van der Waals surface area contributed by atoms with Gasteiger partial charge in [0.2, 0.25) is 0 Å². The van der Waals surface area contributed by atoms with Crippen LogP contribution in [-0.4, -0.2) is 47.8 Å². The van der Waals surface area contributed by atoms with E-state index in [2.05, 4.69) is 37.9 Å². The minimum Gasteiger partial charge on any atom is -0.390 e. The summed E-state index contributed by atoms with van der Waals surface area (Å²) in [6.45, 7) is 12.5. The number of aliphatic hydroxyl groups excluding tert-OH is 1. The number of hydrogen-bond donors (Lipinski definition) is 2. The molecule has 3 heteroatoms. The predicted octanol–water partition coefficient (Wildman–Crippen LogP) is 1.47. The van der Waals surface area contributed by atoms with E-state index in [0.717, 1.165) is 25.6 Å². The molecule has 0 radical (unpaired) electrons. The van der Waals surface area contributed by atoms with Crippen LogP contribution >= 0.6 is 0 Å². The molecule has 2 atom stereocenters. The van der Waals surface area contributed by atoms with Gasteiger partial charge in [0, 0.05) is 25.2 Å². The Balaban J connectivity index is 2.20. The molecule has 0 saturated carbocycles. The van der Waals surface area contributed by atoms with E-state index in [1.54, 1.807) is 0 Å². The first-order valence-electron chi connectivity index (χ1n) is 6.52. The molecule has 2 N–H and O–H groups in total. The summed E-state index contributed by atoms with van der Waals surface area (Å²) in [5, 5.41) is 13.3. The van der Waals surface area contributed by atoms with Gasteiger partial charge in [0.25, 0.3) is 0 Å². The van der Waals surface area contributed by atoms with Gasteiger partial charge in [-0.1, -0.05) is 6.92 Å². The van der Waals surface area contributed by atoms with Gasteiger partial charge in [-0.25, -0.2) is 0 Å². The summed E-state index contributed by atoms with van der Waals surface area (Å²) in [4.78, 5) is 2.39. The van der Waals surface area contributed by atoms with Crippen LogP contribution in [0, 0.1) is 5.92 Å². The van der Waals surface area contributed by atoms with Crippen LogP contribution in [0.5, 0.6) is 0 Å². The zero-order valence-corrected chi connectivity index (χ0v) is 11.3. The molecule has 0 bridgehead atoms. The fraction of sp³-hybridized carbons (Fsp3) is 1.00. The van der Waals surface area contributed by atoms with Crippen LogP contribution in [-0.2, 0) is 0 Å². The van der Waals surface area contributed by atoms with Crippen molar-refractivity contribution in [3.8, 4) is 0 Å². The molecular weight excluding hydrogens is 200 g/mol. The molecule has 1 aliphatic heterocycles. The first-order chi connectivity index (χ1) is 7.37. The van der Waals surface area contributed by atoms with Gasteiger partial charge < -0.3 is 15.3 Å². The largest absolute Gasteiger partial charge is 0.390 e. The highest BCUT2D eigenvalue weighted by Gasteiger charge is 2.19. The lowest BCUT2D eigenvalue weighted by Gasteiger charge is -2.33. The van der Waals surface area contributed by atoms with Crippen LogP contribution in [0.15, 0.2) is 0 Å². The van der Waals surface area contributed by atoms with E-state index in [0.29, 0.717) is 6.54 Å². The third-order valence-electron chi connectivity index (χ3n) is 3.08. The summed E-state index contributed by atoms with van der Waals surface area (Å²) in [6, 6.07) is 0. The van der Waals surface area contributed by atoms with Gasteiger partial charge in [0.15, 0.2) is 0 Å². The van der Waals surface area contributed by atoms with Crippen LogP contribution in [0.4, 0.5) is 0 Å². The molecule has 0 aromatic rings. The second-order valence-corrected chi connectivity index (χ2v) is 6.29. The normalized spacial score (nSPS) is 25.7. The second kappa shape index (κ2) is 5.99. The minimum absolute atomic E-state index is 0.0934. The molecule has 3 nitrogen and oxygen atoms in total. The third-order valence-corrected chi connectivity index (χ3v) is 3.08. The molecule has 16 heavy (non-hydrogen) atoms. The monoisotopic (exact) mass is 228 g/mol. The molecule has 0 aromatic heterocycles. The molecule has 2 unspecified atom stereocenters. The number of nitrogens with zero attached hydrogens (tertiary/aromatic N) is 1. The highest BCUT2D eigenvalue weighted by molar-refractivity contribution is 4.77. The van der Waals surface area contributed by atoms with Crippen LogP contribution in [0.1, 0.15) is 40.5 Å². The summed E-state index contributed by atoms with van der Waals surface area (Å²) in [7, 11) is 0. The average molecular weight is 228 g/mol. The Morgan fingerprint density at radius 2 is 2.12 bits per heavy atom. The van der Waals surface area contributed by atoms with Crippen LogP contribution in [0.3, 0.4) is 0 Å². The van der Waals surface area contributed by atoms with Gasteiger partial charge in [0.1, 0.15) is 0 Å². The third kappa shape index (κ3) is 5.83. The molecule has 1 rings (SSSR count). The zero-order chi connectivity index (χ0) is 12.2. The fourth-order valence-corrected chi connectivity index (χ4v) is 2.24. The van der Waals surface area contributed by atoms with Gasteiger partial charge >= 0.3 is 0 Å². The van der Waals surface area contributed by atoms with E-state index in [1.165, 1.54) is 12.8 Å².